The molecule has 0 aromatic heterocycles. The molecule has 0 nitrogen and oxygen atoms in total. The van der Waals surface area contributed by atoms with Crippen molar-refractivity contribution in [2.75, 3.05) is 0 Å². The Morgan fingerprint density at radius 3 is 2.17 bits per heavy atom. The Morgan fingerprint density at radius 2 is 1.67 bits per heavy atom. The van der Waals surface area contributed by atoms with E-state index in [0.29, 0.717) is 5.92 Å². The van der Waals surface area contributed by atoms with E-state index >= 15 is 0 Å². The van der Waals surface area contributed by atoms with Crippen molar-refractivity contribution in [1.29, 1.82) is 0 Å². The molecule has 0 heterocycles. The predicted molar refractivity (Wildman–Crippen MR) is 80.8 cm³/mol. The van der Waals surface area contributed by atoms with Crippen molar-refractivity contribution >= 4 is 5.57 Å². The minimum atomic E-state index is 0.628. The first-order valence-corrected chi connectivity index (χ1v) is 7.49. The number of hydrogen-bond donors (Lipinski definition) is 0. The Kier molecular flexibility index (Phi) is 4.63. The zero-order valence-electron chi connectivity index (χ0n) is 12.1. The molecule has 1 aliphatic rings. The third-order valence-electron chi connectivity index (χ3n) is 4.27. The molecule has 0 spiro atoms. The molecule has 1 aromatic carbocycles. The van der Waals surface area contributed by atoms with Crippen molar-refractivity contribution < 1.29 is 0 Å². The van der Waals surface area contributed by atoms with E-state index in [-0.39, 0.29) is 0 Å². The second-order valence-electron chi connectivity index (χ2n) is 5.86. The average Bonchev–Trinajstić information content (AvgIpc) is 2.41. The van der Waals surface area contributed by atoms with E-state index in [0.717, 1.165) is 5.92 Å². The fraction of sp³-hybridized carbons (Fsp3) is 0.556. The van der Waals surface area contributed by atoms with Crippen LogP contribution in [0.2, 0.25) is 0 Å². The highest BCUT2D eigenvalue weighted by molar-refractivity contribution is 5.67. The van der Waals surface area contributed by atoms with Gasteiger partial charge in [0.05, 0.1) is 0 Å². The summed E-state index contributed by atoms with van der Waals surface area (Å²) in [5.41, 5.74) is 4.46. The summed E-state index contributed by atoms with van der Waals surface area (Å²) in [4.78, 5) is 0. The van der Waals surface area contributed by atoms with Gasteiger partial charge < -0.3 is 0 Å². The predicted octanol–water partition coefficient (Wildman–Crippen LogP) is 5.79. The summed E-state index contributed by atoms with van der Waals surface area (Å²) < 4.78 is 0. The molecular formula is C18H26. The molecule has 0 N–H and O–H groups in total. The third kappa shape index (κ3) is 3.04. The van der Waals surface area contributed by atoms with Crippen LogP contribution in [-0.2, 0) is 0 Å². The number of benzene rings is 1. The lowest BCUT2D eigenvalue weighted by atomic mass is 9.80. The largest absolute Gasteiger partial charge is 0.0836 e. The van der Waals surface area contributed by atoms with Crippen LogP contribution in [0, 0.1) is 5.92 Å². The highest BCUT2D eigenvalue weighted by Crippen LogP contribution is 2.35. The van der Waals surface area contributed by atoms with E-state index < -0.39 is 0 Å². The molecule has 1 aliphatic carbocycles. The van der Waals surface area contributed by atoms with Crippen LogP contribution in [0.25, 0.3) is 5.57 Å². The van der Waals surface area contributed by atoms with Crippen LogP contribution < -0.4 is 0 Å². The number of allylic oxidation sites excluding steroid dienone is 2. The summed E-state index contributed by atoms with van der Waals surface area (Å²) in [6, 6.07) is 9.23. The van der Waals surface area contributed by atoms with Gasteiger partial charge in [-0.2, -0.15) is 0 Å². The second kappa shape index (κ2) is 6.22. The van der Waals surface area contributed by atoms with Crippen LogP contribution in [0.15, 0.2) is 30.3 Å². The molecule has 0 amide bonds. The van der Waals surface area contributed by atoms with Gasteiger partial charge in [-0.05, 0) is 48.3 Å². The summed E-state index contributed by atoms with van der Waals surface area (Å²) in [5.74, 6) is 1.43. The Morgan fingerprint density at radius 1 is 1.06 bits per heavy atom. The normalized spacial score (nSPS) is 18.3. The van der Waals surface area contributed by atoms with Crippen molar-refractivity contribution in [2.45, 2.75) is 58.8 Å². The minimum Gasteiger partial charge on any atom is -0.0836 e. The standard InChI is InChI=1S/C18H26/c1-4-18(16-8-6-5-7-9-16)17-12-10-15(11-13-17)14(2)3/h4,10-14,16H,5-9H2,1-3H3. The molecule has 0 aliphatic heterocycles. The van der Waals surface area contributed by atoms with Gasteiger partial charge in [-0.15, -0.1) is 0 Å². The van der Waals surface area contributed by atoms with E-state index in [1.807, 2.05) is 0 Å². The van der Waals surface area contributed by atoms with Gasteiger partial charge in [0, 0.05) is 0 Å². The summed E-state index contributed by atoms with van der Waals surface area (Å²) in [5, 5.41) is 0. The summed E-state index contributed by atoms with van der Waals surface area (Å²) >= 11 is 0. The lowest BCUT2D eigenvalue weighted by Gasteiger charge is -2.25. The Hall–Kier alpha value is -1.04. The summed E-state index contributed by atoms with van der Waals surface area (Å²) in [7, 11) is 0. The highest BCUT2D eigenvalue weighted by Gasteiger charge is 2.18. The van der Waals surface area contributed by atoms with Crippen molar-refractivity contribution in [3.05, 3.63) is 41.5 Å². The molecule has 1 saturated carbocycles. The van der Waals surface area contributed by atoms with Crippen molar-refractivity contribution in [3.8, 4) is 0 Å². The van der Waals surface area contributed by atoms with Crippen LogP contribution in [0.4, 0.5) is 0 Å². The first-order valence-electron chi connectivity index (χ1n) is 7.49. The van der Waals surface area contributed by atoms with Crippen LogP contribution >= 0.6 is 0 Å². The van der Waals surface area contributed by atoms with Gasteiger partial charge in [-0.1, -0.05) is 63.5 Å². The van der Waals surface area contributed by atoms with E-state index in [2.05, 4.69) is 51.1 Å². The number of rotatable bonds is 3. The molecule has 0 unspecified atom stereocenters. The first kappa shape index (κ1) is 13.4. The molecular weight excluding hydrogens is 216 g/mol. The Labute approximate surface area is 112 Å². The first-order chi connectivity index (χ1) is 8.72. The lowest BCUT2D eigenvalue weighted by Crippen LogP contribution is -2.08. The summed E-state index contributed by atoms with van der Waals surface area (Å²) in [6.45, 7) is 6.71. The Bertz CT molecular complexity index is 389. The fourth-order valence-electron chi connectivity index (χ4n) is 3.11. The van der Waals surface area contributed by atoms with E-state index in [4.69, 9.17) is 0 Å². The molecule has 98 valence electrons. The lowest BCUT2D eigenvalue weighted by molar-refractivity contribution is 0.429. The van der Waals surface area contributed by atoms with E-state index in [1.54, 1.807) is 5.57 Å². The van der Waals surface area contributed by atoms with E-state index in [1.165, 1.54) is 43.2 Å². The van der Waals surface area contributed by atoms with Crippen LogP contribution in [-0.4, -0.2) is 0 Å². The van der Waals surface area contributed by atoms with Gasteiger partial charge in [-0.25, -0.2) is 0 Å². The maximum absolute atomic E-state index is 2.33. The van der Waals surface area contributed by atoms with Crippen molar-refractivity contribution in [1.82, 2.24) is 0 Å². The van der Waals surface area contributed by atoms with Gasteiger partial charge in [0.25, 0.3) is 0 Å². The van der Waals surface area contributed by atoms with E-state index in [9.17, 15) is 0 Å². The third-order valence-corrected chi connectivity index (χ3v) is 4.27. The zero-order chi connectivity index (χ0) is 13.0. The monoisotopic (exact) mass is 242 g/mol. The molecule has 0 heteroatoms. The Balaban J connectivity index is 2.17. The fourth-order valence-corrected chi connectivity index (χ4v) is 3.11. The SMILES string of the molecule is CC=C(c1ccc(C(C)C)cc1)C1CCCCC1. The molecule has 2 rings (SSSR count). The molecule has 1 aromatic rings. The molecule has 0 atom stereocenters. The maximum atomic E-state index is 2.33. The molecule has 18 heavy (non-hydrogen) atoms. The molecule has 1 fully saturated rings. The highest BCUT2D eigenvalue weighted by atomic mass is 14.2. The van der Waals surface area contributed by atoms with Gasteiger partial charge in [0.2, 0.25) is 0 Å². The van der Waals surface area contributed by atoms with Crippen LogP contribution in [0.1, 0.15) is 69.9 Å². The molecule has 0 bridgehead atoms. The van der Waals surface area contributed by atoms with Gasteiger partial charge in [0.15, 0.2) is 0 Å². The van der Waals surface area contributed by atoms with Crippen molar-refractivity contribution in [3.63, 3.8) is 0 Å². The van der Waals surface area contributed by atoms with Crippen LogP contribution in [0.3, 0.4) is 0 Å². The van der Waals surface area contributed by atoms with Gasteiger partial charge >= 0.3 is 0 Å². The molecule has 0 saturated heterocycles. The molecule has 0 radical (unpaired) electrons. The van der Waals surface area contributed by atoms with Crippen molar-refractivity contribution in [2.24, 2.45) is 5.92 Å². The smallest absolute Gasteiger partial charge is 0.0159 e. The second-order valence-corrected chi connectivity index (χ2v) is 5.86. The summed E-state index contributed by atoms with van der Waals surface area (Å²) in [6.07, 6.45) is 9.34. The zero-order valence-corrected chi connectivity index (χ0v) is 12.1. The van der Waals surface area contributed by atoms with Gasteiger partial charge in [0.1, 0.15) is 0 Å². The van der Waals surface area contributed by atoms with Gasteiger partial charge in [-0.3, -0.25) is 0 Å². The maximum Gasteiger partial charge on any atom is -0.0159 e. The minimum absolute atomic E-state index is 0.628. The quantitative estimate of drug-likeness (QED) is 0.629. The topological polar surface area (TPSA) is 0 Å². The number of hydrogen-bond acceptors (Lipinski definition) is 0. The average molecular weight is 242 g/mol. The van der Waals surface area contributed by atoms with Crippen LogP contribution in [0.5, 0.6) is 0 Å².